The van der Waals surface area contributed by atoms with Crippen LogP contribution >= 0.6 is 0 Å². The molecule has 1 saturated heterocycles. The van der Waals surface area contributed by atoms with Crippen molar-refractivity contribution in [1.82, 2.24) is 10.6 Å². The maximum Gasteiger partial charge on any atom is 0.237 e. The number of benzene rings is 1. The second-order valence-electron chi connectivity index (χ2n) is 4.99. The van der Waals surface area contributed by atoms with E-state index in [0.29, 0.717) is 0 Å². The van der Waals surface area contributed by atoms with Gasteiger partial charge < -0.3 is 20.1 Å². The molecule has 0 saturated carbocycles. The van der Waals surface area contributed by atoms with E-state index in [9.17, 15) is 4.79 Å². The van der Waals surface area contributed by atoms with E-state index < -0.39 is 0 Å². The van der Waals surface area contributed by atoms with Gasteiger partial charge in [-0.2, -0.15) is 0 Å². The van der Waals surface area contributed by atoms with Gasteiger partial charge in [-0.25, -0.2) is 0 Å². The number of rotatable bonds is 3. The Morgan fingerprint density at radius 2 is 2.26 bits per heavy atom. The monoisotopic (exact) mass is 262 g/mol. The number of amides is 1. The standard InChI is InChI=1S/C14H18N2O3/c1-9(16-14(17)11-3-2-6-15-11)10-4-5-12-13(7-10)19-8-18-12/h4-5,7,9,11,15H,2-3,6,8H2,1H3,(H,16,17)/t9?,11-/m0/s1. The van der Waals surface area contributed by atoms with Crippen LogP contribution in [-0.2, 0) is 4.79 Å². The zero-order chi connectivity index (χ0) is 13.2. The summed E-state index contributed by atoms with van der Waals surface area (Å²) in [4.78, 5) is 12.0. The van der Waals surface area contributed by atoms with E-state index in [-0.39, 0.29) is 24.8 Å². The summed E-state index contributed by atoms with van der Waals surface area (Å²) in [5.74, 6) is 1.58. The molecule has 5 nitrogen and oxygen atoms in total. The van der Waals surface area contributed by atoms with Crippen LogP contribution in [0.1, 0.15) is 31.4 Å². The number of nitrogens with one attached hydrogen (secondary N) is 2. The fraction of sp³-hybridized carbons (Fsp3) is 0.500. The van der Waals surface area contributed by atoms with Crippen molar-refractivity contribution in [3.05, 3.63) is 23.8 Å². The maximum atomic E-state index is 12.0. The normalized spacial score (nSPS) is 22.3. The zero-order valence-electron chi connectivity index (χ0n) is 10.9. The largest absolute Gasteiger partial charge is 0.454 e. The van der Waals surface area contributed by atoms with E-state index >= 15 is 0 Å². The lowest BCUT2D eigenvalue weighted by atomic mass is 10.1. The lowest BCUT2D eigenvalue weighted by molar-refractivity contribution is -0.123. The molecular weight excluding hydrogens is 244 g/mol. The van der Waals surface area contributed by atoms with Crippen molar-refractivity contribution in [2.24, 2.45) is 0 Å². The predicted octanol–water partition coefficient (Wildman–Crippen LogP) is 1.34. The van der Waals surface area contributed by atoms with Crippen LogP contribution < -0.4 is 20.1 Å². The molecule has 0 spiro atoms. The lowest BCUT2D eigenvalue weighted by Gasteiger charge is -2.17. The Hall–Kier alpha value is -1.75. The van der Waals surface area contributed by atoms with Gasteiger partial charge in [-0.05, 0) is 44.0 Å². The van der Waals surface area contributed by atoms with Gasteiger partial charge in [0.1, 0.15) is 0 Å². The highest BCUT2D eigenvalue weighted by atomic mass is 16.7. The number of hydrogen-bond donors (Lipinski definition) is 2. The van der Waals surface area contributed by atoms with Crippen molar-refractivity contribution < 1.29 is 14.3 Å². The number of fused-ring (bicyclic) bond motifs is 1. The van der Waals surface area contributed by atoms with Crippen LogP contribution in [0.5, 0.6) is 11.5 Å². The molecule has 0 aromatic heterocycles. The summed E-state index contributed by atoms with van der Waals surface area (Å²) in [6, 6.07) is 5.69. The van der Waals surface area contributed by atoms with Crippen molar-refractivity contribution in [1.29, 1.82) is 0 Å². The van der Waals surface area contributed by atoms with Gasteiger partial charge in [0.25, 0.3) is 0 Å². The molecular formula is C14H18N2O3. The first kappa shape index (κ1) is 12.3. The van der Waals surface area contributed by atoms with Gasteiger partial charge in [-0.3, -0.25) is 4.79 Å². The molecule has 19 heavy (non-hydrogen) atoms. The zero-order valence-corrected chi connectivity index (χ0v) is 10.9. The van der Waals surface area contributed by atoms with Crippen molar-refractivity contribution >= 4 is 5.91 Å². The fourth-order valence-corrected chi connectivity index (χ4v) is 2.49. The highest BCUT2D eigenvalue weighted by molar-refractivity contribution is 5.82. The van der Waals surface area contributed by atoms with Crippen LogP contribution in [0.2, 0.25) is 0 Å². The lowest BCUT2D eigenvalue weighted by Crippen LogP contribution is -2.41. The summed E-state index contributed by atoms with van der Waals surface area (Å²) in [7, 11) is 0. The van der Waals surface area contributed by atoms with E-state index in [1.54, 1.807) is 0 Å². The van der Waals surface area contributed by atoms with Crippen LogP contribution in [0, 0.1) is 0 Å². The molecule has 2 heterocycles. The average molecular weight is 262 g/mol. The van der Waals surface area contributed by atoms with Crippen molar-refractivity contribution in [3.63, 3.8) is 0 Å². The first-order chi connectivity index (χ1) is 9.24. The summed E-state index contributed by atoms with van der Waals surface area (Å²) in [5.41, 5.74) is 1.02. The second kappa shape index (κ2) is 5.09. The Kier molecular flexibility index (Phi) is 3.29. The summed E-state index contributed by atoms with van der Waals surface area (Å²) < 4.78 is 10.6. The molecule has 1 aromatic rings. The molecule has 2 atom stereocenters. The van der Waals surface area contributed by atoms with Gasteiger partial charge in [-0.1, -0.05) is 6.07 Å². The van der Waals surface area contributed by atoms with Gasteiger partial charge >= 0.3 is 0 Å². The van der Waals surface area contributed by atoms with Gasteiger partial charge in [0.2, 0.25) is 12.7 Å². The van der Waals surface area contributed by atoms with Crippen LogP contribution in [0.4, 0.5) is 0 Å². The van der Waals surface area contributed by atoms with Crippen LogP contribution in [-0.4, -0.2) is 25.3 Å². The van der Waals surface area contributed by atoms with Crippen LogP contribution in [0.15, 0.2) is 18.2 Å². The Balaban J connectivity index is 1.66. The van der Waals surface area contributed by atoms with Gasteiger partial charge in [0.05, 0.1) is 12.1 Å². The van der Waals surface area contributed by atoms with Gasteiger partial charge in [0, 0.05) is 0 Å². The third-order valence-electron chi connectivity index (χ3n) is 3.63. The SMILES string of the molecule is CC(NC(=O)[C@@H]1CCCN1)c1ccc2c(c1)OCO2. The summed E-state index contributed by atoms with van der Waals surface area (Å²) >= 11 is 0. The highest BCUT2D eigenvalue weighted by Crippen LogP contribution is 2.34. The number of ether oxygens (including phenoxy) is 2. The van der Waals surface area contributed by atoms with Crippen molar-refractivity contribution in [2.45, 2.75) is 31.8 Å². The minimum absolute atomic E-state index is 0.0376. The molecule has 3 rings (SSSR count). The topological polar surface area (TPSA) is 59.6 Å². The minimum atomic E-state index is -0.0449. The molecule has 1 fully saturated rings. The first-order valence-corrected chi connectivity index (χ1v) is 6.67. The number of carbonyl (C=O) groups excluding carboxylic acids is 1. The molecule has 2 aliphatic rings. The molecule has 1 aromatic carbocycles. The molecule has 102 valence electrons. The molecule has 1 amide bonds. The number of carbonyl (C=O) groups is 1. The molecule has 0 aliphatic carbocycles. The smallest absolute Gasteiger partial charge is 0.237 e. The van der Waals surface area contributed by atoms with Crippen molar-refractivity contribution in [3.8, 4) is 11.5 Å². The predicted molar refractivity (Wildman–Crippen MR) is 70.1 cm³/mol. The van der Waals surface area contributed by atoms with E-state index in [4.69, 9.17) is 9.47 Å². The van der Waals surface area contributed by atoms with Crippen molar-refractivity contribution in [2.75, 3.05) is 13.3 Å². The van der Waals surface area contributed by atoms with Gasteiger partial charge in [-0.15, -0.1) is 0 Å². The molecule has 2 aliphatic heterocycles. The second-order valence-corrected chi connectivity index (χ2v) is 4.99. The molecule has 2 N–H and O–H groups in total. The average Bonchev–Trinajstić information content (AvgIpc) is 3.09. The maximum absolute atomic E-state index is 12.0. The summed E-state index contributed by atoms with van der Waals surface area (Å²) in [5, 5.41) is 6.23. The third-order valence-corrected chi connectivity index (χ3v) is 3.63. The Morgan fingerprint density at radius 1 is 1.42 bits per heavy atom. The fourth-order valence-electron chi connectivity index (χ4n) is 2.49. The highest BCUT2D eigenvalue weighted by Gasteiger charge is 2.24. The van der Waals surface area contributed by atoms with Crippen LogP contribution in [0.25, 0.3) is 0 Å². The first-order valence-electron chi connectivity index (χ1n) is 6.67. The van der Waals surface area contributed by atoms with E-state index in [0.717, 1.165) is 36.4 Å². The summed E-state index contributed by atoms with van der Waals surface area (Å²) in [6.45, 7) is 3.17. The molecule has 0 bridgehead atoms. The molecule has 5 heteroatoms. The van der Waals surface area contributed by atoms with E-state index in [1.807, 2.05) is 25.1 Å². The Morgan fingerprint density at radius 3 is 3.05 bits per heavy atom. The minimum Gasteiger partial charge on any atom is -0.454 e. The van der Waals surface area contributed by atoms with Gasteiger partial charge in [0.15, 0.2) is 11.5 Å². The molecule has 0 radical (unpaired) electrons. The Labute approximate surface area is 112 Å². The number of hydrogen-bond acceptors (Lipinski definition) is 4. The summed E-state index contributed by atoms with van der Waals surface area (Å²) in [6.07, 6.45) is 1.98. The third kappa shape index (κ3) is 2.51. The van der Waals surface area contributed by atoms with E-state index in [2.05, 4.69) is 10.6 Å². The van der Waals surface area contributed by atoms with Crippen LogP contribution in [0.3, 0.4) is 0 Å². The quantitative estimate of drug-likeness (QED) is 0.863. The molecule has 1 unspecified atom stereocenters. The van der Waals surface area contributed by atoms with E-state index in [1.165, 1.54) is 0 Å². The Bertz CT molecular complexity index is 484.